The number of carbonyl (C=O) groups excluding carboxylic acids is 2. The second kappa shape index (κ2) is 7.36. The molecule has 0 spiro atoms. The van der Waals surface area contributed by atoms with Crippen molar-refractivity contribution in [2.24, 2.45) is 11.8 Å². The molecule has 1 aliphatic carbocycles. The van der Waals surface area contributed by atoms with Crippen LogP contribution in [0.25, 0.3) is 0 Å². The zero-order valence-electron chi connectivity index (χ0n) is 14.7. The predicted octanol–water partition coefficient (Wildman–Crippen LogP) is 2.07. The monoisotopic (exact) mass is 332 g/mol. The lowest BCUT2D eigenvalue weighted by atomic mass is 9.78. The van der Waals surface area contributed by atoms with Crippen molar-refractivity contribution in [3.63, 3.8) is 0 Å². The van der Waals surface area contributed by atoms with Gasteiger partial charge in [0.15, 0.2) is 0 Å². The number of likely N-dealkylation sites (tertiary alicyclic amines) is 1. The van der Waals surface area contributed by atoms with Crippen LogP contribution in [0.3, 0.4) is 0 Å². The van der Waals surface area contributed by atoms with Crippen LogP contribution in [0.4, 0.5) is 0 Å². The van der Waals surface area contributed by atoms with E-state index in [9.17, 15) is 9.59 Å². The molecule has 0 bridgehead atoms. The largest absolute Gasteiger partial charge is 0.352 e. The molecule has 132 valence electrons. The Morgan fingerprint density at radius 3 is 2.42 bits per heavy atom. The minimum Gasteiger partial charge on any atom is -0.352 e. The van der Waals surface area contributed by atoms with Crippen molar-refractivity contribution in [2.75, 3.05) is 13.1 Å². The van der Waals surface area contributed by atoms with E-state index < -0.39 is 0 Å². The molecule has 6 heteroatoms. The Hall–Kier alpha value is -1.85. The van der Waals surface area contributed by atoms with Crippen molar-refractivity contribution in [3.05, 3.63) is 17.0 Å². The minimum absolute atomic E-state index is 0.0206. The molecule has 24 heavy (non-hydrogen) atoms. The van der Waals surface area contributed by atoms with E-state index in [0.29, 0.717) is 6.54 Å². The summed E-state index contributed by atoms with van der Waals surface area (Å²) >= 11 is 0. The van der Waals surface area contributed by atoms with Crippen molar-refractivity contribution in [1.29, 1.82) is 0 Å². The Kier molecular flexibility index (Phi) is 5.21. The number of hydrogen-bond donors (Lipinski definition) is 2. The zero-order valence-corrected chi connectivity index (χ0v) is 14.7. The molecular formula is C18H28N4O2. The topological polar surface area (TPSA) is 78.1 Å². The average Bonchev–Trinajstić information content (AvgIpc) is 3.23. The lowest BCUT2D eigenvalue weighted by molar-refractivity contribution is -0.142. The number of amides is 2. The van der Waals surface area contributed by atoms with E-state index in [1.54, 1.807) is 0 Å². The minimum atomic E-state index is -0.181. The maximum Gasteiger partial charge on any atom is 0.226 e. The third kappa shape index (κ3) is 3.47. The number of H-pyrrole nitrogens is 1. The normalized spacial score (nSPS) is 24.2. The summed E-state index contributed by atoms with van der Waals surface area (Å²) in [6.07, 6.45) is 5.93. The summed E-state index contributed by atoms with van der Waals surface area (Å²) in [4.78, 5) is 27.5. The smallest absolute Gasteiger partial charge is 0.226 e. The first-order valence-corrected chi connectivity index (χ1v) is 9.15. The summed E-state index contributed by atoms with van der Waals surface area (Å²) in [6.45, 7) is 6.09. The lowest BCUT2D eigenvalue weighted by Crippen LogP contribution is -2.44. The Bertz CT molecular complexity index is 585. The number of aromatic amines is 1. The van der Waals surface area contributed by atoms with Crippen molar-refractivity contribution in [3.8, 4) is 0 Å². The highest BCUT2D eigenvalue weighted by Gasteiger charge is 2.38. The summed E-state index contributed by atoms with van der Waals surface area (Å²) < 4.78 is 0. The molecule has 2 heterocycles. The van der Waals surface area contributed by atoms with Crippen LogP contribution in [0.5, 0.6) is 0 Å². The van der Waals surface area contributed by atoms with Crippen LogP contribution in [-0.2, 0) is 16.1 Å². The maximum absolute atomic E-state index is 12.8. The summed E-state index contributed by atoms with van der Waals surface area (Å²) in [5.74, 6) is -0.0990. The molecule has 1 saturated carbocycles. The van der Waals surface area contributed by atoms with Crippen LogP contribution in [0.15, 0.2) is 0 Å². The van der Waals surface area contributed by atoms with Gasteiger partial charge in [0.05, 0.1) is 5.69 Å². The van der Waals surface area contributed by atoms with Crippen LogP contribution in [0.2, 0.25) is 0 Å². The fraction of sp³-hybridized carbons (Fsp3) is 0.722. The van der Waals surface area contributed by atoms with Gasteiger partial charge in [0.25, 0.3) is 0 Å². The Morgan fingerprint density at radius 2 is 1.79 bits per heavy atom. The molecule has 0 aromatic carbocycles. The molecule has 1 aromatic rings. The van der Waals surface area contributed by atoms with Gasteiger partial charge in [-0.15, -0.1) is 0 Å². The van der Waals surface area contributed by atoms with Crippen LogP contribution in [0, 0.1) is 25.7 Å². The van der Waals surface area contributed by atoms with E-state index >= 15 is 0 Å². The van der Waals surface area contributed by atoms with Crippen LogP contribution in [0.1, 0.15) is 55.5 Å². The van der Waals surface area contributed by atoms with Crippen molar-refractivity contribution in [2.45, 2.75) is 58.9 Å². The van der Waals surface area contributed by atoms with Crippen molar-refractivity contribution >= 4 is 11.8 Å². The highest BCUT2D eigenvalue weighted by atomic mass is 16.2. The fourth-order valence-electron chi connectivity index (χ4n) is 4.05. The maximum atomic E-state index is 12.8. The molecule has 1 aliphatic heterocycles. The number of rotatable bonds is 4. The van der Waals surface area contributed by atoms with Gasteiger partial charge in [-0.2, -0.15) is 5.10 Å². The molecule has 2 N–H and O–H groups in total. The van der Waals surface area contributed by atoms with E-state index in [4.69, 9.17) is 0 Å². The second-order valence-electron chi connectivity index (χ2n) is 7.16. The molecule has 3 rings (SSSR count). The fourth-order valence-corrected chi connectivity index (χ4v) is 4.05. The van der Waals surface area contributed by atoms with Gasteiger partial charge in [-0.3, -0.25) is 14.7 Å². The summed E-state index contributed by atoms with van der Waals surface area (Å²) in [5.41, 5.74) is 2.95. The van der Waals surface area contributed by atoms with E-state index in [1.807, 2.05) is 18.7 Å². The van der Waals surface area contributed by atoms with Gasteiger partial charge >= 0.3 is 0 Å². The molecule has 2 atom stereocenters. The highest BCUT2D eigenvalue weighted by Crippen LogP contribution is 2.32. The predicted molar refractivity (Wildman–Crippen MR) is 91.2 cm³/mol. The molecule has 0 unspecified atom stereocenters. The summed E-state index contributed by atoms with van der Waals surface area (Å²) in [5, 5.41) is 10.1. The quantitative estimate of drug-likeness (QED) is 0.886. The molecule has 2 aliphatic rings. The molecule has 0 radical (unpaired) electrons. The number of nitrogens with one attached hydrogen (secondary N) is 2. The van der Waals surface area contributed by atoms with E-state index in [-0.39, 0.29) is 23.7 Å². The average molecular weight is 332 g/mol. The number of hydrogen-bond acceptors (Lipinski definition) is 3. The first-order chi connectivity index (χ1) is 11.6. The number of aromatic nitrogens is 2. The molecule has 1 aromatic heterocycles. The SMILES string of the molecule is Cc1n[nH]c(C)c1CNC(=O)[C@H]1CCCC[C@H]1C(=O)N1CCCC1. The van der Waals surface area contributed by atoms with Gasteiger partial charge in [0.1, 0.15) is 0 Å². The van der Waals surface area contributed by atoms with Crippen LogP contribution in [-0.4, -0.2) is 40.0 Å². The van der Waals surface area contributed by atoms with E-state index in [2.05, 4.69) is 15.5 Å². The lowest BCUT2D eigenvalue weighted by Gasteiger charge is -2.32. The second-order valence-corrected chi connectivity index (χ2v) is 7.16. The van der Waals surface area contributed by atoms with Gasteiger partial charge in [0.2, 0.25) is 11.8 Å². The third-order valence-corrected chi connectivity index (χ3v) is 5.56. The first kappa shape index (κ1) is 17.0. The highest BCUT2D eigenvalue weighted by molar-refractivity contribution is 5.88. The van der Waals surface area contributed by atoms with Gasteiger partial charge < -0.3 is 10.2 Å². The zero-order chi connectivity index (χ0) is 17.1. The van der Waals surface area contributed by atoms with Crippen LogP contribution < -0.4 is 5.32 Å². The van der Waals surface area contributed by atoms with Crippen molar-refractivity contribution in [1.82, 2.24) is 20.4 Å². The first-order valence-electron chi connectivity index (χ1n) is 9.15. The Morgan fingerprint density at radius 1 is 1.12 bits per heavy atom. The van der Waals surface area contributed by atoms with Crippen LogP contribution >= 0.6 is 0 Å². The number of nitrogens with zero attached hydrogens (tertiary/aromatic N) is 2. The molecule has 6 nitrogen and oxygen atoms in total. The van der Waals surface area contributed by atoms with Gasteiger partial charge in [-0.25, -0.2) is 0 Å². The standard InChI is InChI=1S/C18H28N4O2/c1-12-16(13(2)21-20-12)11-19-17(23)14-7-3-4-8-15(14)18(24)22-9-5-6-10-22/h14-15H,3-11H2,1-2H3,(H,19,23)(H,20,21)/t14-,15+/m0/s1. The van der Waals surface area contributed by atoms with Gasteiger partial charge in [-0.05, 0) is 39.5 Å². The Labute approximate surface area is 143 Å². The van der Waals surface area contributed by atoms with E-state index in [1.165, 1.54) is 0 Å². The molecule has 2 amide bonds. The Balaban J connectivity index is 1.63. The third-order valence-electron chi connectivity index (χ3n) is 5.56. The molecule has 1 saturated heterocycles. The molecular weight excluding hydrogens is 304 g/mol. The molecule has 2 fully saturated rings. The summed E-state index contributed by atoms with van der Waals surface area (Å²) in [6, 6.07) is 0. The number of aryl methyl sites for hydroxylation is 2. The van der Waals surface area contributed by atoms with Gasteiger partial charge in [-0.1, -0.05) is 12.8 Å². The number of carbonyl (C=O) groups is 2. The van der Waals surface area contributed by atoms with E-state index in [0.717, 1.165) is 68.6 Å². The summed E-state index contributed by atoms with van der Waals surface area (Å²) in [7, 11) is 0. The van der Waals surface area contributed by atoms with Crippen molar-refractivity contribution < 1.29 is 9.59 Å². The van der Waals surface area contributed by atoms with Gasteiger partial charge in [0, 0.05) is 42.7 Å².